The highest BCUT2D eigenvalue weighted by Gasteiger charge is 2.13. The Hall–Kier alpha value is -2.36. The third-order valence-electron chi connectivity index (χ3n) is 2.56. The molecule has 0 fully saturated rings. The summed E-state index contributed by atoms with van der Waals surface area (Å²) in [6, 6.07) is 7.01. The number of fused-ring (bicyclic) bond motifs is 3. The van der Waals surface area contributed by atoms with Gasteiger partial charge >= 0.3 is 0 Å². The molecule has 0 radical (unpaired) electrons. The third kappa shape index (κ3) is 1.10. The molecule has 16 heavy (non-hydrogen) atoms. The van der Waals surface area contributed by atoms with Crippen LogP contribution in [0.2, 0.25) is 0 Å². The van der Waals surface area contributed by atoms with E-state index in [9.17, 15) is 4.79 Å². The van der Waals surface area contributed by atoms with E-state index in [2.05, 4.69) is 4.98 Å². The largest absolute Gasteiger partial charge is 0.456 e. The van der Waals surface area contributed by atoms with Crippen LogP contribution >= 0.6 is 0 Å². The number of rotatable bonds is 1. The van der Waals surface area contributed by atoms with Crippen molar-refractivity contribution in [3.05, 3.63) is 42.2 Å². The molecule has 0 aliphatic heterocycles. The van der Waals surface area contributed by atoms with E-state index in [-0.39, 0.29) is 0 Å². The van der Waals surface area contributed by atoms with Crippen molar-refractivity contribution in [2.24, 2.45) is 5.73 Å². The van der Waals surface area contributed by atoms with Gasteiger partial charge in [0, 0.05) is 23.2 Å². The zero-order valence-corrected chi connectivity index (χ0v) is 8.31. The van der Waals surface area contributed by atoms with Crippen molar-refractivity contribution >= 4 is 27.8 Å². The summed E-state index contributed by atoms with van der Waals surface area (Å²) in [5.41, 5.74) is 7.15. The molecule has 2 N–H and O–H groups in total. The van der Waals surface area contributed by atoms with Crippen molar-refractivity contribution in [1.82, 2.24) is 4.98 Å². The van der Waals surface area contributed by atoms with Gasteiger partial charge in [0.25, 0.3) is 0 Å². The van der Waals surface area contributed by atoms with Crippen molar-refractivity contribution in [3.8, 4) is 0 Å². The number of benzene rings is 1. The molecule has 2 aromatic heterocycles. The number of carbonyl (C=O) groups is 1. The van der Waals surface area contributed by atoms with E-state index in [1.54, 1.807) is 30.6 Å². The lowest BCUT2D eigenvalue weighted by Crippen LogP contribution is -2.10. The van der Waals surface area contributed by atoms with Crippen molar-refractivity contribution in [3.63, 3.8) is 0 Å². The van der Waals surface area contributed by atoms with Crippen molar-refractivity contribution < 1.29 is 9.21 Å². The molecule has 0 saturated heterocycles. The Labute approximate surface area is 90.7 Å². The van der Waals surface area contributed by atoms with E-state index in [1.807, 2.05) is 6.07 Å². The summed E-state index contributed by atoms with van der Waals surface area (Å²) in [7, 11) is 0. The van der Waals surface area contributed by atoms with Crippen molar-refractivity contribution in [1.29, 1.82) is 0 Å². The fraction of sp³-hybridized carbons (Fsp3) is 0. The summed E-state index contributed by atoms with van der Waals surface area (Å²) in [4.78, 5) is 15.3. The molecule has 4 nitrogen and oxygen atoms in total. The molecule has 1 amide bonds. The van der Waals surface area contributed by atoms with Gasteiger partial charge in [-0.3, -0.25) is 9.78 Å². The van der Waals surface area contributed by atoms with Crippen LogP contribution in [0.1, 0.15) is 10.4 Å². The SMILES string of the molecule is NC(=O)c1cccc2oc3ccncc3c12. The fourth-order valence-electron chi connectivity index (χ4n) is 1.88. The predicted molar refractivity (Wildman–Crippen MR) is 60.0 cm³/mol. The molecule has 0 bridgehead atoms. The van der Waals surface area contributed by atoms with Crippen molar-refractivity contribution in [2.45, 2.75) is 0 Å². The van der Waals surface area contributed by atoms with Gasteiger partial charge in [-0.2, -0.15) is 0 Å². The Morgan fingerprint density at radius 2 is 2.12 bits per heavy atom. The van der Waals surface area contributed by atoms with Gasteiger partial charge in [-0.25, -0.2) is 0 Å². The number of hydrogen-bond donors (Lipinski definition) is 1. The maximum atomic E-state index is 11.3. The quantitative estimate of drug-likeness (QED) is 0.671. The van der Waals surface area contributed by atoms with Gasteiger partial charge in [-0.05, 0) is 18.2 Å². The zero-order chi connectivity index (χ0) is 11.1. The summed E-state index contributed by atoms with van der Waals surface area (Å²) >= 11 is 0. The van der Waals surface area contributed by atoms with Crippen LogP contribution in [-0.4, -0.2) is 10.9 Å². The molecule has 2 heterocycles. The highest BCUT2D eigenvalue weighted by Crippen LogP contribution is 2.30. The summed E-state index contributed by atoms with van der Waals surface area (Å²) in [6.45, 7) is 0. The van der Waals surface area contributed by atoms with E-state index in [0.29, 0.717) is 16.7 Å². The number of furan rings is 1. The maximum absolute atomic E-state index is 11.3. The minimum Gasteiger partial charge on any atom is -0.456 e. The Morgan fingerprint density at radius 1 is 1.25 bits per heavy atom. The number of carbonyl (C=O) groups excluding carboxylic acids is 1. The normalized spacial score (nSPS) is 11.0. The summed E-state index contributed by atoms with van der Waals surface area (Å²) in [6.07, 6.45) is 3.32. The average molecular weight is 212 g/mol. The van der Waals surface area contributed by atoms with Crippen LogP contribution in [0.5, 0.6) is 0 Å². The number of amides is 1. The number of pyridine rings is 1. The first-order chi connectivity index (χ1) is 7.77. The zero-order valence-electron chi connectivity index (χ0n) is 8.31. The van der Waals surface area contributed by atoms with E-state index in [0.717, 1.165) is 10.8 Å². The van der Waals surface area contributed by atoms with Gasteiger partial charge in [-0.1, -0.05) is 6.07 Å². The summed E-state index contributed by atoms with van der Waals surface area (Å²) in [5.74, 6) is -0.461. The Bertz CT molecular complexity index is 700. The minimum absolute atomic E-state index is 0.461. The number of aromatic nitrogens is 1. The van der Waals surface area contributed by atoms with Crippen LogP contribution in [0.25, 0.3) is 21.9 Å². The molecule has 4 heteroatoms. The standard InChI is InChI=1S/C12H8N2O2/c13-12(15)7-2-1-3-10-11(7)8-6-14-5-4-9(8)16-10/h1-6H,(H2,13,15). The molecular weight excluding hydrogens is 204 g/mol. The number of nitrogens with two attached hydrogens (primary N) is 1. The van der Waals surface area contributed by atoms with E-state index in [1.165, 1.54) is 0 Å². The molecule has 3 aromatic rings. The first kappa shape index (κ1) is 8.91. The fourth-order valence-corrected chi connectivity index (χ4v) is 1.88. The molecule has 78 valence electrons. The van der Waals surface area contributed by atoms with Gasteiger partial charge in [0.1, 0.15) is 11.2 Å². The predicted octanol–water partition coefficient (Wildman–Crippen LogP) is 2.08. The first-order valence-electron chi connectivity index (χ1n) is 4.82. The highest BCUT2D eigenvalue weighted by molar-refractivity contribution is 6.15. The van der Waals surface area contributed by atoms with Crippen LogP contribution in [0.15, 0.2) is 41.1 Å². The molecule has 0 spiro atoms. The smallest absolute Gasteiger partial charge is 0.249 e. The maximum Gasteiger partial charge on any atom is 0.249 e. The second-order valence-corrected chi connectivity index (χ2v) is 3.52. The van der Waals surface area contributed by atoms with Crippen LogP contribution in [0.3, 0.4) is 0 Å². The van der Waals surface area contributed by atoms with E-state index < -0.39 is 5.91 Å². The highest BCUT2D eigenvalue weighted by atomic mass is 16.3. The lowest BCUT2D eigenvalue weighted by Gasteiger charge is -1.96. The second kappa shape index (κ2) is 3.06. The number of primary amides is 1. The van der Waals surface area contributed by atoms with Crippen LogP contribution in [0, 0.1) is 0 Å². The number of hydrogen-bond acceptors (Lipinski definition) is 3. The van der Waals surface area contributed by atoms with Gasteiger partial charge in [0.2, 0.25) is 5.91 Å². The minimum atomic E-state index is -0.461. The van der Waals surface area contributed by atoms with Gasteiger partial charge in [0.05, 0.1) is 5.56 Å². The number of nitrogens with zero attached hydrogens (tertiary/aromatic N) is 1. The molecule has 0 atom stereocenters. The molecule has 0 unspecified atom stereocenters. The summed E-state index contributed by atoms with van der Waals surface area (Å²) < 4.78 is 5.60. The van der Waals surface area contributed by atoms with Gasteiger partial charge < -0.3 is 10.2 Å². The van der Waals surface area contributed by atoms with Crippen LogP contribution in [-0.2, 0) is 0 Å². The molecule has 0 aliphatic carbocycles. The topological polar surface area (TPSA) is 69.1 Å². The third-order valence-corrected chi connectivity index (χ3v) is 2.56. The Balaban J connectivity index is 2.57. The average Bonchev–Trinajstić information content (AvgIpc) is 2.66. The summed E-state index contributed by atoms with van der Waals surface area (Å²) in [5, 5.41) is 1.55. The monoisotopic (exact) mass is 212 g/mol. The molecule has 0 saturated carbocycles. The van der Waals surface area contributed by atoms with Crippen LogP contribution in [0.4, 0.5) is 0 Å². The second-order valence-electron chi connectivity index (χ2n) is 3.52. The van der Waals surface area contributed by atoms with E-state index >= 15 is 0 Å². The lowest BCUT2D eigenvalue weighted by atomic mass is 10.1. The lowest BCUT2D eigenvalue weighted by molar-refractivity contribution is 0.100. The molecule has 0 aliphatic rings. The van der Waals surface area contributed by atoms with Crippen molar-refractivity contribution in [2.75, 3.05) is 0 Å². The van der Waals surface area contributed by atoms with Crippen LogP contribution < -0.4 is 5.73 Å². The molecule has 1 aromatic carbocycles. The van der Waals surface area contributed by atoms with Gasteiger partial charge in [-0.15, -0.1) is 0 Å². The molecule has 3 rings (SSSR count). The Morgan fingerprint density at radius 3 is 2.94 bits per heavy atom. The van der Waals surface area contributed by atoms with E-state index in [4.69, 9.17) is 10.2 Å². The Kier molecular flexibility index (Phi) is 1.71. The first-order valence-corrected chi connectivity index (χ1v) is 4.82. The molecular formula is C12H8N2O2. The van der Waals surface area contributed by atoms with Gasteiger partial charge in [0.15, 0.2) is 0 Å².